The third-order valence-corrected chi connectivity index (χ3v) is 3.39. The Bertz CT molecular complexity index is 604. The first kappa shape index (κ1) is 16.2. The van der Waals surface area contributed by atoms with Gasteiger partial charge in [0.15, 0.2) is 9.84 Å². The van der Waals surface area contributed by atoms with Gasteiger partial charge in [-0.05, 0) is 32.9 Å². The fourth-order valence-electron chi connectivity index (χ4n) is 1.39. The van der Waals surface area contributed by atoms with Gasteiger partial charge >= 0.3 is 11.9 Å². The van der Waals surface area contributed by atoms with Gasteiger partial charge in [-0.1, -0.05) is 0 Å². The zero-order valence-corrected chi connectivity index (χ0v) is 12.2. The summed E-state index contributed by atoms with van der Waals surface area (Å²) in [7, 11) is -3.78. The number of hydrogen-bond acceptors (Lipinski definition) is 6. The smallest absolute Gasteiger partial charge is 0.371 e. The normalized spacial score (nSPS) is 12.2. The van der Waals surface area contributed by atoms with Crippen molar-refractivity contribution < 1.29 is 32.3 Å². The summed E-state index contributed by atoms with van der Waals surface area (Å²) >= 11 is 0. The van der Waals surface area contributed by atoms with Crippen molar-refractivity contribution in [2.75, 3.05) is 5.75 Å². The first-order valence-corrected chi connectivity index (χ1v) is 7.55. The van der Waals surface area contributed by atoms with E-state index in [0.29, 0.717) is 0 Å². The van der Waals surface area contributed by atoms with Gasteiger partial charge in [0.1, 0.15) is 22.9 Å². The Morgan fingerprint density at radius 2 is 1.90 bits per heavy atom. The Balaban J connectivity index is 2.70. The van der Waals surface area contributed by atoms with Crippen molar-refractivity contribution in [2.45, 2.75) is 32.1 Å². The molecule has 112 valence electrons. The predicted octanol–water partition coefficient (Wildman–Crippen LogP) is 1.23. The molecule has 0 radical (unpaired) electrons. The highest BCUT2D eigenvalue weighted by Crippen LogP contribution is 2.13. The molecule has 0 unspecified atom stereocenters. The summed E-state index contributed by atoms with van der Waals surface area (Å²) in [5.74, 6) is -3.88. The second kappa shape index (κ2) is 5.66. The van der Waals surface area contributed by atoms with Crippen LogP contribution in [0.25, 0.3) is 0 Å². The van der Waals surface area contributed by atoms with Crippen molar-refractivity contribution in [2.24, 2.45) is 0 Å². The van der Waals surface area contributed by atoms with Crippen LogP contribution in [0.2, 0.25) is 0 Å². The standard InChI is InChI=1S/C12H16O7S/c1-12(2,3)19-10(13)7-20(16,17)6-8-4-5-9(18-8)11(14)15/h4-5H,6-7H2,1-3H3,(H,14,15). The van der Waals surface area contributed by atoms with Crippen LogP contribution in [-0.2, 0) is 25.1 Å². The van der Waals surface area contributed by atoms with E-state index in [-0.39, 0.29) is 11.5 Å². The average Bonchev–Trinajstić information content (AvgIpc) is 2.60. The number of hydrogen-bond donors (Lipinski definition) is 1. The molecule has 0 spiro atoms. The fraction of sp³-hybridized carbons (Fsp3) is 0.500. The van der Waals surface area contributed by atoms with Gasteiger partial charge in [0, 0.05) is 0 Å². The minimum atomic E-state index is -3.78. The molecule has 0 aromatic carbocycles. The number of sulfone groups is 1. The molecule has 8 heteroatoms. The van der Waals surface area contributed by atoms with Gasteiger partial charge < -0.3 is 14.3 Å². The minimum Gasteiger partial charge on any atom is -0.475 e. The lowest BCUT2D eigenvalue weighted by Gasteiger charge is -2.19. The van der Waals surface area contributed by atoms with Gasteiger partial charge in [-0.15, -0.1) is 0 Å². The van der Waals surface area contributed by atoms with E-state index in [1.165, 1.54) is 6.07 Å². The molecule has 0 aliphatic heterocycles. The lowest BCUT2D eigenvalue weighted by Crippen LogP contribution is -2.28. The second-order valence-corrected chi connectivity index (χ2v) is 7.25. The molecule has 20 heavy (non-hydrogen) atoms. The highest BCUT2D eigenvalue weighted by atomic mass is 32.2. The molecule has 0 atom stereocenters. The second-order valence-electron chi connectivity index (χ2n) is 5.19. The molecule has 0 aliphatic rings. The summed E-state index contributed by atoms with van der Waals surface area (Å²) < 4.78 is 33.3. The van der Waals surface area contributed by atoms with Crippen LogP contribution in [-0.4, -0.2) is 36.8 Å². The molecule has 1 rings (SSSR count). The van der Waals surface area contributed by atoms with Gasteiger partial charge in [0.2, 0.25) is 5.76 Å². The average molecular weight is 304 g/mol. The number of ether oxygens (including phenoxy) is 1. The van der Waals surface area contributed by atoms with E-state index in [0.717, 1.165) is 6.07 Å². The van der Waals surface area contributed by atoms with Crippen molar-refractivity contribution in [1.82, 2.24) is 0 Å². The van der Waals surface area contributed by atoms with Crippen LogP contribution in [0.5, 0.6) is 0 Å². The summed E-state index contributed by atoms with van der Waals surface area (Å²) in [6.07, 6.45) is 0. The number of rotatable bonds is 5. The minimum absolute atomic E-state index is 0.0361. The van der Waals surface area contributed by atoms with Crippen LogP contribution in [0.4, 0.5) is 0 Å². The zero-order valence-electron chi connectivity index (χ0n) is 11.4. The molecule has 0 aliphatic carbocycles. The first-order chi connectivity index (χ1) is 8.98. The molecular formula is C12H16O7S. The van der Waals surface area contributed by atoms with Gasteiger partial charge in [0.25, 0.3) is 0 Å². The molecule has 1 aromatic heterocycles. The summed E-state index contributed by atoms with van der Waals surface area (Å²) in [4.78, 5) is 22.0. The Morgan fingerprint density at radius 3 is 2.35 bits per heavy atom. The van der Waals surface area contributed by atoms with E-state index in [1.54, 1.807) is 20.8 Å². The van der Waals surface area contributed by atoms with E-state index in [1.807, 2.05) is 0 Å². The van der Waals surface area contributed by atoms with E-state index >= 15 is 0 Å². The molecule has 7 nitrogen and oxygen atoms in total. The molecule has 0 bridgehead atoms. The topological polar surface area (TPSA) is 111 Å². The SMILES string of the molecule is CC(C)(C)OC(=O)CS(=O)(=O)Cc1ccc(C(=O)O)o1. The zero-order chi connectivity index (χ0) is 15.6. The molecule has 0 amide bonds. The lowest BCUT2D eigenvalue weighted by atomic mass is 10.2. The number of carboxylic acid groups (broad SMARTS) is 1. The summed E-state index contributed by atoms with van der Waals surface area (Å²) in [5, 5.41) is 8.65. The van der Waals surface area contributed by atoms with E-state index in [9.17, 15) is 18.0 Å². The lowest BCUT2D eigenvalue weighted by molar-refractivity contribution is -0.151. The molecular weight excluding hydrogens is 288 g/mol. The Kier molecular flexibility index (Phi) is 4.59. The summed E-state index contributed by atoms with van der Waals surface area (Å²) in [6.45, 7) is 4.88. The van der Waals surface area contributed by atoms with Crippen molar-refractivity contribution in [3.8, 4) is 0 Å². The third-order valence-electron chi connectivity index (χ3n) is 1.99. The van der Waals surface area contributed by atoms with Crippen molar-refractivity contribution in [3.63, 3.8) is 0 Å². The van der Waals surface area contributed by atoms with Crippen LogP contribution < -0.4 is 0 Å². The first-order valence-electron chi connectivity index (χ1n) is 5.73. The summed E-state index contributed by atoms with van der Waals surface area (Å²) in [5.41, 5.74) is -0.770. The van der Waals surface area contributed by atoms with Gasteiger partial charge in [-0.2, -0.15) is 0 Å². The van der Waals surface area contributed by atoms with E-state index in [2.05, 4.69) is 0 Å². The molecule has 1 N–H and O–H groups in total. The number of carbonyl (C=O) groups is 2. The van der Waals surface area contributed by atoms with Gasteiger partial charge in [-0.3, -0.25) is 4.79 Å². The monoisotopic (exact) mass is 304 g/mol. The number of aromatic carboxylic acids is 1. The molecule has 1 aromatic rings. The largest absolute Gasteiger partial charge is 0.475 e. The van der Waals surface area contributed by atoms with Crippen molar-refractivity contribution in [3.05, 3.63) is 23.7 Å². The maximum Gasteiger partial charge on any atom is 0.371 e. The van der Waals surface area contributed by atoms with Crippen LogP contribution in [0.1, 0.15) is 37.1 Å². The van der Waals surface area contributed by atoms with Crippen LogP contribution in [0, 0.1) is 0 Å². The third kappa shape index (κ3) is 5.43. The van der Waals surface area contributed by atoms with Gasteiger partial charge in [0.05, 0.1) is 0 Å². The maximum absolute atomic E-state index is 11.8. The quantitative estimate of drug-likeness (QED) is 0.814. The highest BCUT2D eigenvalue weighted by molar-refractivity contribution is 7.91. The fourth-order valence-corrected chi connectivity index (χ4v) is 2.50. The number of esters is 1. The Hall–Kier alpha value is -1.83. The highest BCUT2D eigenvalue weighted by Gasteiger charge is 2.24. The molecule has 1 heterocycles. The predicted molar refractivity (Wildman–Crippen MR) is 69.0 cm³/mol. The van der Waals surface area contributed by atoms with Gasteiger partial charge in [-0.25, -0.2) is 13.2 Å². The van der Waals surface area contributed by atoms with Crippen molar-refractivity contribution >= 4 is 21.8 Å². The van der Waals surface area contributed by atoms with Crippen LogP contribution in [0.3, 0.4) is 0 Å². The van der Waals surface area contributed by atoms with E-state index < -0.39 is 38.9 Å². The Labute approximate surface area is 116 Å². The van der Waals surface area contributed by atoms with Crippen molar-refractivity contribution in [1.29, 1.82) is 0 Å². The molecule has 0 saturated carbocycles. The molecule has 0 saturated heterocycles. The molecule has 0 fully saturated rings. The summed E-state index contributed by atoms with van der Waals surface area (Å²) in [6, 6.07) is 2.40. The maximum atomic E-state index is 11.8. The number of carboxylic acids is 1. The Morgan fingerprint density at radius 1 is 1.30 bits per heavy atom. The van der Waals surface area contributed by atoms with Crippen LogP contribution >= 0.6 is 0 Å². The van der Waals surface area contributed by atoms with E-state index in [4.69, 9.17) is 14.3 Å². The number of carbonyl (C=O) groups excluding carboxylic acids is 1. The number of furan rings is 1. The van der Waals surface area contributed by atoms with Crippen LogP contribution in [0.15, 0.2) is 16.5 Å².